The van der Waals surface area contributed by atoms with E-state index in [1.54, 1.807) is 24.3 Å². The number of aryl methyl sites for hydroxylation is 2. The molecule has 4 nitrogen and oxygen atoms in total. The van der Waals surface area contributed by atoms with Gasteiger partial charge in [0.25, 0.3) is 5.91 Å². The molecular formula is C17H15Cl2NO3. The van der Waals surface area contributed by atoms with Crippen molar-refractivity contribution in [3.63, 3.8) is 0 Å². The number of halogens is 2. The van der Waals surface area contributed by atoms with Gasteiger partial charge in [0.2, 0.25) is 0 Å². The van der Waals surface area contributed by atoms with Crippen molar-refractivity contribution in [3.05, 3.63) is 63.1 Å². The molecule has 23 heavy (non-hydrogen) atoms. The molecule has 1 N–H and O–H groups in total. The first-order chi connectivity index (χ1) is 10.9. The Morgan fingerprint density at radius 1 is 1.13 bits per heavy atom. The first-order valence-corrected chi connectivity index (χ1v) is 7.62. The second kappa shape index (κ2) is 7.49. The molecule has 0 spiro atoms. The lowest BCUT2D eigenvalue weighted by atomic mass is 10.1. The van der Waals surface area contributed by atoms with Gasteiger partial charge in [0.1, 0.15) is 0 Å². The number of anilines is 1. The number of amides is 1. The van der Waals surface area contributed by atoms with E-state index in [0.29, 0.717) is 16.3 Å². The van der Waals surface area contributed by atoms with E-state index in [1.807, 2.05) is 26.0 Å². The Morgan fingerprint density at radius 2 is 1.87 bits per heavy atom. The summed E-state index contributed by atoms with van der Waals surface area (Å²) < 4.78 is 5.03. The molecule has 2 aromatic carbocycles. The molecule has 0 unspecified atom stereocenters. The molecule has 0 heterocycles. The van der Waals surface area contributed by atoms with E-state index in [0.717, 1.165) is 11.1 Å². The first-order valence-electron chi connectivity index (χ1n) is 6.86. The maximum Gasteiger partial charge on any atom is 0.338 e. The van der Waals surface area contributed by atoms with E-state index in [2.05, 4.69) is 5.32 Å². The lowest BCUT2D eigenvalue weighted by molar-refractivity contribution is -0.119. The highest BCUT2D eigenvalue weighted by molar-refractivity contribution is 6.44. The standard InChI is InChI=1S/C17H15Cl2NO3/c1-10-6-7-12(11(2)8-10)17(22)23-9-15(21)20-14-5-3-4-13(18)16(14)19/h3-8H,9H2,1-2H3,(H,20,21). The second-order valence-electron chi connectivity index (χ2n) is 5.04. The van der Waals surface area contributed by atoms with Crippen LogP contribution >= 0.6 is 23.2 Å². The van der Waals surface area contributed by atoms with Crippen molar-refractivity contribution in [2.45, 2.75) is 13.8 Å². The molecule has 2 aromatic rings. The van der Waals surface area contributed by atoms with Gasteiger partial charge in [0.05, 0.1) is 21.3 Å². The van der Waals surface area contributed by atoms with Gasteiger partial charge in [-0.3, -0.25) is 4.79 Å². The van der Waals surface area contributed by atoms with Crippen molar-refractivity contribution in [2.24, 2.45) is 0 Å². The van der Waals surface area contributed by atoms with Gasteiger partial charge in [-0.2, -0.15) is 0 Å². The summed E-state index contributed by atoms with van der Waals surface area (Å²) in [5.41, 5.74) is 2.65. The van der Waals surface area contributed by atoms with Crippen LogP contribution in [-0.4, -0.2) is 18.5 Å². The third-order valence-electron chi connectivity index (χ3n) is 3.16. The number of hydrogen-bond donors (Lipinski definition) is 1. The monoisotopic (exact) mass is 351 g/mol. The van der Waals surface area contributed by atoms with Crippen LogP contribution in [0.2, 0.25) is 10.0 Å². The zero-order chi connectivity index (χ0) is 17.0. The molecule has 0 aromatic heterocycles. The summed E-state index contributed by atoms with van der Waals surface area (Å²) in [5.74, 6) is -1.04. The van der Waals surface area contributed by atoms with Gasteiger partial charge in [0.15, 0.2) is 6.61 Å². The van der Waals surface area contributed by atoms with E-state index in [-0.39, 0.29) is 5.02 Å². The van der Waals surface area contributed by atoms with E-state index >= 15 is 0 Å². The fourth-order valence-corrected chi connectivity index (χ4v) is 2.39. The van der Waals surface area contributed by atoms with E-state index < -0.39 is 18.5 Å². The number of esters is 1. The van der Waals surface area contributed by atoms with Crippen LogP contribution in [0.4, 0.5) is 5.69 Å². The molecule has 0 aliphatic heterocycles. The van der Waals surface area contributed by atoms with Crippen LogP contribution in [0, 0.1) is 13.8 Å². The molecule has 0 aliphatic rings. The fraction of sp³-hybridized carbons (Fsp3) is 0.176. The summed E-state index contributed by atoms with van der Waals surface area (Å²) in [6.45, 7) is 3.34. The molecule has 1 amide bonds. The minimum Gasteiger partial charge on any atom is -0.452 e. The van der Waals surface area contributed by atoms with Crippen LogP contribution in [0.5, 0.6) is 0 Å². The summed E-state index contributed by atoms with van der Waals surface area (Å²) in [6.07, 6.45) is 0. The molecule has 120 valence electrons. The minimum absolute atomic E-state index is 0.239. The van der Waals surface area contributed by atoms with Crippen LogP contribution in [0.15, 0.2) is 36.4 Å². The van der Waals surface area contributed by atoms with E-state index in [1.165, 1.54) is 0 Å². The number of nitrogens with one attached hydrogen (secondary N) is 1. The quantitative estimate of drug-likeness (QED) is 0.830. The number of benzene rings is 2. The van der Waals surface area contributed by atoms with Gasteiger partial charge in [-0.25, -0.2) is 4.79 Å². The summed E-state index contributed by atoms with van der Waals surface area (Å²) in [7, 11) is 0. The third kappa shape index (κ3) is 4.47. The smallest absolute Gasteiger partial charge is 0.338 e. The SMILES string of the molecule is Cc1ccc(C(=O)OCC(=O)Nc2cccc(Cl)c2Cl)c(C)c1. The minimum atomic E-state index is -0.546. The Kier molecular flexibility index (Phi) is 5.64. The molecule has 0 fully saturated rings. The fourth-order valence-electron chi connectivity index (χ4n) is 2.04. The molecule has 0 radical (unpaired) electrons. The summed E-state index contributed by atoms with van der Waals surface area (Å²) >= 11 is 11.8. The van der Waals surface area contributed by atoms with E-state index in [4.69, 9.17) is 27.9 Å². The molecule has 0 bridgehead atoms. The maximum atomic E-state index is 12.0. The van der Waals surface area contributed by atoms with Gasteiger partial charge in [-0.1, -0.05) is 47.0 Å². The van der Waals surface area contributed by atoms with E-state index in [9.17, 15) is 9.59 Å². The Hall–Kier alpha value is -2.04. The number of rotatable bonds is 4. The molecule has 0 saturated heterocycles. The lowest BCUT2D eigenvalue weighted by Crippen LogP contribution is -2.21. The van der Waals surface area contributed by atoms with Gasteiger partial charge in [0, 0.05) is 0 Å². The number of carbonyl (C=O) groups is 2. The highest BCUT2D eigenvalue weighted by Crippen LogP contribution is 2.29. The summed E-state index contributed by atoms with van der Waals surface area (Å²) in [6, 6.07) is 10.2. The zero-order valence-corrected chi connectivity index (χ0v) is 14.2. The van der Waals surface area contributed by atoms with Gasteiger partial charge < -0.3 is 10.1 Å². The van der Waals surface area contributed by atoms with Gasteiger partial charge in [-0.05, 0) is 37.6 Å². The van der Waals surface area contributed by atoms with Crippen molar-refractivity contribution < 1.29 is 14.3 Å². The Balaban J connectivity index is 1.96. The van der Waals surface area contributed by atoms with Crippen molar-refractivity contribution in [1.82, 2.24) is 0 Å². The van der Waals surface area contributed by atoms with Crippen molar-refractivity contribution in [1.29, 1.82) is 0 Å². The van der Waals surface area contributed by atoms with Crippen LogP contribution in [0.25, 0.3) is 0 Å². The summed E-state index contributed by atoms with van der Waals surface area (Å²) in [5, 5.41) is 3.12. The molecule has 0 aliphatic carbocycles. The highest BCUT2D eigenvalue weighted by Gasteiger charge is 2.14. The zero-order valence-electron chi connectivity index (χ0n) is 12.7. The van der Waals surface area contributed by atoms with Gasteiger partial charge >= 0.3 is 5.97 Å². The highest BCUT2D eigenvalue weighted by atomic mass is 35.5. The second-order valence-corrected chi connectivity index (χ2v) is 5.83. The van der Waals surface area contributed by atoms with Crippen molar-refractivity contribution in [2.75, 3.05) is 11.9 Å². The Labute approximate surface area is 144 Å². The maximum absolute atomic E-state index is 12.0. The molecule has 0 saturated carbocycles. The molecular weight excluding hydrogens is 337 g/mol. The number of ether oxygens (including phenoxy) is 1. The van der Waals surface area contributed by atoms with Crippen molar-refractivity contribution in [3.8, 4) is 0 Å². The molecule has 0 atom stereocenters. The average molecular weight is 352 g/mol. The van der Waals surface area contributed by atoms with Crippen LogP contribution in [0.3, 0.4) is 0 Å². The number of carbonyl (C=O) groups excluding carboxylic acids is 2. The van der Waals surface area contributed by atoms with Crippen LogP contribution in [-0.2, 0) is 9.53 Å². The topological polar surface area (TPSA) is 55.4 Å². The Bertz CT molecular complexity index is 759. The average Bonchev–Trinajstić information content (AvgIpc) is 2.49. The largest absolute Gasteiger partial charge is 0.452 e. The first kappa shape index (κ1) is 17.3. The van der Waals surface area contributed by atoms with Crippen LogP contribution in [0.1, 0.15) is 21.5 Å². The number of hydrogen-bond acceptors (Lipinski definition) is 3. The normalized spacial score (nSPS) is 10.3. The molecule has 6 heteroatoms. The van der Waals surface area contributed by atoms with Gasteiger partial charge in [-0.15, -0.1) is 0 Å². The Morgan fingerprint density at radius 3 is 2.57 bits per heavy atom. The van der Waals surface area contributed by atoms with Crippen molar-refractivity contribution >= 4 is 40.8 Å². The molecule has 2 rings (SSSR count). The predicted molar refractivity (Wildman–Crippen MR) is 91.3 cm³/mol. The third-order valence-corrected chi connectivity index (χ3v) is 3.98. The van der Waals surface area contributed by atoms with Crippen LogP contribution < -0.4 is 5.32 Å². The summed E-state index contributed by atoms with van der Waals surface area (Å²) in [4.78, 5) is 23.9. The predicted octanol–water partition coefficient (Wildman–Crippen LogP) is 4.41. The lowest BCUT2D eigenvalue weighted by Gasteiger charge is -2.10.